The number of thiazole rings is 1. The summed E-state index contributed by atoms with van der Waals surface area (Å²) in [5.41, 5.74) is 1.89. The lowest BCUT2D eigenvalue weighted by Crippen LogP contribution is -2.52. The first-order valence-electron chi connectivity index (χ1n) is 10.9. The summed E-state index contributed by atoms with van der Waals surface area (Å²) >= 11 is 1.34. The average molecular weight is 462 g/mol. The van der Waals surface area contributed by atoms with E-state index in [0.717, 1.165) is 18.5 Å². The number of nitrogens with zero attached hydrogens (tertiary/aromatic N) is 3. The van der Waals surface area contributed by atoms with Gasteiger partial charge >= 0.3 is 0 Å². The minimum absolute atomic E-state index is 0.0466. The van der Waals surface area contributed by atoms with Crippen molar-refractivity contribution in [3.05, 3.63) is 46.2 Å². The van der Waals surface area contributed by atoms with Crippen LogP contribution in [0.1, 0.15) is 34.6 Å². The molecule has 32 heavy (non-hydrogen) atoms. The van der Waals surface area contributed by atoms with Crippen molar-refractivity contribution in [2.45, 2.75) is 26.2 Å². The van der Waals surface area contributed by atoms with E-state index in [4.69, 9.17) is 9.47 Å². The second-order valence-corrected chi connectivity index (χ2v) is 9.36. The van der Waals surface area contributed by atoms with E-state index in [0.29, 0.717) is 56.4 Å². The number of carbonyl (C=O) groups excluding carboxylic acids is 2. The van der Waals surface area contributed by atoms with Crippen LogP contribution in [0.25, 0.3) is 0 Å². The second kappa shape index (κ2) is 9.95. The number of amides is 2. The van der Waals surface area contributed by atoms with Crippen molar-refractivity contribution >= 4 is 23.2 Å². The SMILES string of the molecule is Cc1ncsc1C(=O)N1CCC[C@@](COc2ccc(F)cc2)(CC(=O)N2CCOCC2)C1. The zero-order valence-corrected chi connectivity index (χ0v) is 19.0. The maximum absolute atomic E-state index is 13.3. The number of benzene rings is 1. The van der Waals surface area contributed by atoms with Crippen LogP contribution in [-0.4, -0.2) is 72.6 Å². The molecule has 172 valence electrons. The summed E-state index contributed by atoms with van der Waals surface area (Å²) < 4.78 is 24.7. The number of hydrogen-bond donors (Lipinski definition) is 0. The van der Waals surface area contributed by atoms with Gasteiger partial charge in [0.2, 0.25) is 5.91 Å². The molecule has 0 unspecified atom stereocenters. The minimum atomic E-state index is -0.518. The monoisotopic (exact) mass is 461 g/mol. The molecule has 0 saturated carbocycles. The maximum Gasteiger partial charge on any atom is 0.265 e. The van der Waals surface area contributed by atoms with E-state index >= 15 is 0 Å². The number of rotatable bonds is 6. The van der Waals surface area contributed by atoms with E-state index in [1.165, 1.54) is 23.5 Å². The number of likely N-dealkylation sites (tertiary alicyclic amines) is 1. The summed E-state index contributed by atoms with van der Waals surface area (Å²) in [5.74, 6) is 0.226. The third-order valence-corrected chi connectivity index (χ3v) is 7.05. The Hall–Kier alpha value is -2.52. The number of morpholine rings is 1. The molecule has 0 radical (unpaired) electrons. The van der Waals surface area contributed by atoms with Gasteiger partial charge in [0.15, 0.2) is 0 Å². The molecule has 0 bridgehead atoms. The lowest BCUT2D eigenvalue weighted by molar-refractivity contribution is -0.139. The van der Waals surface area contributed by atoms with Crippen molar-refractivity contribution in [2.75, 3.05) is 46.0 Å². The van der Waals surface area contributed by atoms with Crippen molar-refractivity contribution < 1.29 is 23.5 Å². The van der Waals surface area contributed by atoms with Crippen molar-refractivity contribution in [3.8, 4) is 5.75 Å². The molecule has 2 aliphatic heterocycles. The molecular formula is C23H28FN3O4S. The van der Waals surface area contributed by atoms with Crippen molar-refractivity contribution in [3.63, 3.8) is 0 Å². The van der Waals surface area contributed by atoms with Gasteiger partial charge in [0.1, 0.15) is 16.4 Å². The van der Waals surface area contributed by atoms with Gasteiger partial charge in [0.05, 0.1) is 31.0 Å². The second-order valence-electron chi connectivity index (χ2n) is 8.51. The van der Waals surface area contributed by atoms with Crippen LogP contribution in [0.3, 0.4) is 0 Å². The smallest absolute Gasteiger partial charge is 0.265 e. The highest BCUT2D eigenvalue weighted by atomic mass is 32.1. The molecule has 1 aromatic carbocycles. The Morgan fingerprint density at radius 1 is 1.19 bits per heavy atom. The predicted octanol–water partition coefficient (Wildman–Crippen LogP) is 3.14. The Labute approximate surface area is 191 Å². The molecule has 0 spiro atoms. The molecule has 9 heteroatoms. The molecule has 1 aromatic heterocycles. The summed E-state index contributed by atoms with van der Waals surface area (Å²) in [6, 6.07) is 5.87. The van der Waals surface area contributed by atoms with Gasteiger partial charge in [0, 0.05) is 38.0 Å². The number of aromatic nitrogens is 1. The number of piperidine rings is 1. The molecule has 4 rings (SSSR count). The van der Waals surface area contributed by atoms with Crippen LogP contribution < -0.4 is 4.74 Å². The molecular weight excluding hydrogens is 433 g/mol. The summed E-state index contributed by atoms with van der Waals surface area (Å²) in [6.45, 7) is 5.43. The van der Waals surface area contributed by atoms with Gasteiger partial charge in [-0.25, -0.2) is 9.37 Å². The highest BCUT2D eigenvalue weighted by Crippen LogP contribution is 2.36. The molecule has 3 heterocycles. The number of aryl methyl sites for hydroxylation is 1. The van der Waals surface area contributed by atoms with Crippen molar-refractivity contribution in [2.24, 2.45) is 5.41 Å². The Morgan fingerprint density at radius 2 is 1.94 bits per heavy atom. The van der Waals surface area contributed by atoms with E-state index in [-0.39, 0.29) is 24.2 Å². The van der Waals surface area contributed by atoms with Crippen LogP contribution >= 0.6 is 11.3 Å². The number of halogens is 1. The fraction of sp³-hybridized carbons (Fsp3) is 0.522. The quantitative estimate of drug-likeness (QED) is 0.661. The molecule has 2 fully saturated rings. The van der Waals surface area contributed by atoms with Crippen LogP contribution in [0.5, 0.6) is 5.75 Å². The first-order chi connectivity index (χ1) is 15.5. The van der Waals surface area contributed by atoms with Crippen LogP contribution in [0, 0.1) is 18.2 Å². The highest BCUT2D eigenvalue weighted by Gasteiger charge is 2.41. The summed E-state index contributed by atoms with van der Waals surface area (Å²) in [4.78, 5) is 34.8. The summed E-state index contributed by atoms with van der Waals surface area (Å²) in [6.07, 6.45) is 1.85. The lowest BCUT2D eigenvalue weighted by atomic mass is 9.77. The fourth-order valence-electron chi connectivity index (χ4n) is 4.36. The van der Waals surface area contributed by atoms with Crippen LogP contribution in [0.4, 0.5) is 4.39 Å². The zero-order valence-electron chi connectivity index (χ0n) is 18.2. The van der Waals surface area contributed by atoms with Gasteiger partial charge < -0.3 is 19.3 Å². The average Bonchev–Trinajstić information content (AvgIpc) is 3.25. The molecule has 0 aliphatic carbocycles. The van der Waals surface area contributed by atoms with Gasteiger partial charge in [-0.1, -0.05) is 0 Å². The van der Waals surface area contributed by atoms with Crippen LogP contribution in [0.15, 0.2) is 29.8 Å². The first-order valence-corrected chi connectivity index (χ1v) is 11.8. The van der Waals surface area contributed by atoms with Gasteiger partial charge in [-0.15, -0.1) is 11.3 Å². The Bertz CT molecular complexity index is 945. The normalized spacial score (nSPS) is 21.4. The Morgan fingerprint density at radius 3 is 2.62 bits per heavy atom. The van der Waals surface area contributed by atoms with Gasteiger partial charge in [-0.3, -0.25) is 9.59 Å². The zero-order chi connectivity index (χ0) is 22.6. The van der Waals surface area contributed by atoms with Crippen LogP contribution in [-0.2, 0) is 9.53 Å². The highest BCUT2D eigenvalue weighted by molar-refractivity contribution is 7.11. The molecule has 7 nitrogen and oxygen atoms in total. The Kier molecular flexibility index (Phi) is 7.05. The largest absolute Gasteiger partial charge is 0.493 e. The lowest BCUT2D eigenvalue weighted by Gasteiger charge is -2.43. The minimum Gasteiger partial charge on any atom is -0.493 e. The fourth-order valence-corrected chi connectivity index (χ4v) is 5.13. The van der Waals surface area contributed by atoms with Crippen molar-refractivity contribution in [1.29, 1.82) is 0 Å². The topological polar surface area (TPSA) is 72.0 Å². The number of carbonyl (C=O) groups is 2. The van der Waals surface area contributed by atoms with E-state index in [1.54, 1.807) is 17.6 Å². The van der Waals surface area contributed by atoms with Gasteiger partial charge in [-0.05, 0) is 44.0 Å². The molecule has 2 saturated heterocycles. The number of ether oxygens (including phenoxy) is 2. The van der Waals surface area contributed by atoms with E-state index in [9.17, 15) is 14.0 Å². The molecule has 2 aromatic rings. The molecule has 1 atom stereocenters. The molecule has 0 N–H and O–H groups in total. The first kappa shape index (κ1) is 22.7. The van der Waals surface area contributed by atoms with Crippen molar-refractivity contribution in [1.82, 2.24) is 14.8 Å². The predicted molar refractivity (Wildman–Crippen MR) is 118 cm³/mol. The Balaban J connectivity index is 1.52. The maximum atomic E-state index is 13.3. The number of hydrogen-bond acceptors (Lipinski definition) is 6. The molecule has 2 aliphatic rings. The van der Waals surface area contributed by atoms with Crippen LogP contribution in [0.2, 0.25) is 0 Å². The third-order valence-electron chi connectivity index (χ3n) is 6.14. The third kappa shape index (κ3) is 5.27. The van der Waals surface area contributed by atoms with E-state index in [1.807, 2.05) is 16.7 Å². The van der Waals surface area contributed by atoms with E-state index < -0.39 is 5.41 Å². The summed E-state index contributed by atoms with van der Waals surface area (Å²) in [5, 5.41) is 0. The van der Waals surface area contributed by atoms with E-state index in [2.05, 4.69) is 4.98 Å². The van der Waals surface area contributed by atoms with Gasteiger partial charge in [0.25, 0.3) is 5.91 Å². The molecule has 2 amide bonds. The van der Waals surface area contributed by atoms with Gasteiger partial charge in [-0.2, -0.15) is 0 Å². The summed E-state index contributed by atoms with van der Waals surface area (Å²) in [7, 11) is 0. The standard InChI is InChI=1S/C23H28FN3O4S/c1-17-21(32-16-25-17)22(29)27-8-2-7-23(14-27,13-20(28)26-9-11-30-12-10-26)15-31-19-5-3-18(24)4-6-19/h3-6,16H,2,7-15H2,1H3/t23-/m1/s1.